The predicted octanol–water partition coefficient (Wildman–Crippen LogP) is 3.87. The van der Waals surface area contributed by atoms with Gasteiger partial charge in [-0.15, -0.1) is 0 Å². The van der Waals surface area contributed by atoms with Crippen molar-refractivity contribution in [3.05, 3.63) is 33.4 Å². The molecule has 0 unspecified atom stereocenters. The third-order valence-electron chi connectivity index (χ3n) is 2.40. The lowest BCUT2D eigenvalue weighted by Gasteiger charge is -2.11. The monoisotopic (exact) mass is 303 g/mol. The number of hydrogen-bond acceptors (Lipinski definition) is 1. The smallest absolute Gasteiger partial charge is 0.0295 e. The second-order valence-corrected chi connectivity index (χ2v) is 4.90. The van der Waals surface area contributed by atoms with Crippen molar-refractivity contribution in [3.63, 3.8) is 0 Å². The molecule has 0 aliphatic rings. The van der Waals surface area contributed by atoms with Gasteiger partial charge in [0.1, 0.15) is 0 Å². The van der Waals surface area contributed by atoms with Gasteiger partial charge in [0.15, 0.2) is 0 Å². The first-order valence-corrected chi connectivity index (χ1v) is 6.33. The van der Waals surface area contributed by atoms with Crippen molar-refractivity contribution in [2.45, 2.75) is 38.6 Å². The average Bonchev–Trinajstić information content (AvgIpc) is 2.18. The van der Waals surface area contributed by atoms with E-state index in [-0.39, 0.29) is 6.04 Å². The highest BCUT2D eigenvalue weighted by atomic mass is 127. The molecule has 78 valence electrons. The zero-order valence-corrected chi connectivity index (χ0v) is 10.8. The minimum atomic E-state index is 0.219. The largest absolute Gasteiger partial charge is 0.324 e. The summed E-state index contributed by atoms with van der Waals surface area (Å²) in [5.41, 5.74) is 7.37. The van der Waals surface area contributed by atoms with Crippen LogP contribution in [0.2, 0.25) is 0 Å². The molecule has 1 rings (SSSR count). The maximum atomic E-state index is 6.10. The number of rotatable bonds is 5. The van der Waals surface area contributed by atoms with Crippen molar-refractivity contribution in [2.24, 2.45) is 5.73 Å². The second kappa shape index (κ2) is 6.40. The van der Waals surface area contributed by atoms with E-state index in [4.69, 9.17) is 5.73 Å². The zero-order chi connectivity index (χ0) is 10.4. The fourth-order valence-corrected chi connectivity index (χ4v) is 2.09. The molecular weight excluding hydrogens is 285 g/mol. The van der Waals surface area contributed by atoms with Gasteiger partial charge in [-0.1, -0.05) is 38.3 Å². The number of benzene rings is 1. The van der Waals surface area contributed by atoms with Gasteiger partial charge >= 0.3 is 0 Å². The van der Waals surface area contributed by atoms with E-state index in [1.54, 1.807) is 0 Å². The van der Waals surface area contributed by atoms with Crippen molar-refractivity contribution >= 4 is 22.6 Å². The van der Waals surface area contributed by atoms with E-state index in [0.717, 1.165) is 6.42 Å². The Kier molecular flexibility index (Phi) is 5.48. The van der Waals surface area contributed by atoms with Crippen LogP contribution in [0.25, 0.3) is 0 Å². The van der Waals surface area contributed by atoms with Crippen LogP contribution in [0, 0.1) is 3.57 Å². The molecule has 14 heavy (non-hydrogen) atoms. The highest BCUT2D eigenvalue weighted by molar-refractivity contribution is 14.1. The zero-order valence-electron chi connectivity index (χ0n) is 8.67. The molecule has 1 aromatic rings. The summed E-state index contributed by atoms with van der Waals surface area (Å²) in [6, 6.07) is 8.70. The summed E-state index contributed by atoms with van der Waals surface area (Å²) < 4.78 is 1.27. The summed E-state index contributed by atoms with van der Waals surface area (Å²) in [6.07, 6.45) is 4.90. The van der Waals surface area contributed by atoms with Gasteiger partial charge in [-0.05, 0) is 46.7 Å². The quantitative estimate of drug-likeness (QED) is 0.648. The predicted molar refractivity (Wildman–Crippen MR) is 70.2 cm³/mol. The first-order valence-electron chi connectivity index (χ1n) is 5.25. The van der Waals surface area contributed by atoms with Crippen molar-refractivity contribution in [2.75, 3.05) is 0 Å². The Bertz CT molecular complexity index is 273. The third-order valence-corrected chi connectivity index (χ3v) is 3.07. The van der Waals surface area contributed by atoms with E-state index < -0.39 is 0 Å². The van der Waals surface area contributed by atoms with Crippen LogP contribution in [0.4, 0.5) is 0 Å². The maximum Gasteiger partial charge on any atom is 0.0295 e. The number of hydrogen-bond donors (Lipinski definition) is 1. The summed E-state index contributed by atoms with van der Waals surface area (Å²) in [5.74, 6) is 0. The molecular formula is C12H18IN. The third kappa shape index (κ3) is 3.96. The van der Waals surface area contributed by atoms with Gasteiger partial charge in [0, 0.05) is 9.61 Å². The molecule has 0 radical (unpaired) electrons. The van der Waals surface area contributed by atoms with Crippen LogP contribution in [-0.4, -0.2) is 0 Å². The van der Waals surface area contributed by atoms with Crippen LogP contribution in [-0.2, 0) is 0 Å². The Morgan fingerprint density at radius 3 is 2.79 bits per heavy atom. The average molecular weight is 303 g/mol. The molecule has 0 spiro atoms. The van der Waals surface area contributed by atoms with Gasteiger partial charge in [-0.2, -0.15) is 0 Å². The summed E-state index contributed by atoms with van der Waals surface area (Å²) in [6.45, 7) is 2.22. The molecule has 0 amide bonds. The van der Waals surface area contributed by atoms with E-state index in [9.17, 15) is 0 Å². The van der Waals surface area contributed by atoms with Gasteiger partial charge in [0.2, 0.25) is 0 Å². The van der Waals surface area contributed by atoms with Gasteiger partial charge < -0.3 is 5.73 Å². The van der Waals surface area contributed by atoms with Gasteiger partial charge in [0.25, 0.3) is 0 Å². The lowest BCUT2D eigenvalue weighted by atomic mass is 10.0. The Balaban J connectivity index is 2.47. The SMILES string of the molecule is CCCCC[C@H](N)c1cccc(I)c1. The summed E-state index contributed by atoms with van der Waals surface area (Å²) in [5, 5.41) is 0. The standard InChI is InChI=1S/C12H18IN/c1-2-3-4-8-12(14)10-6-5-7-11(13)9-10/h5-7,9,12H,2-4,8,14H2,1H3/t12-/m0/s1. The van der Waals surface area contributed by atoms with Crippen molar-refractivity contribution in [1.29, 1.82) is 0 Å². The number of nitrogens with two attached hydrogens (primary N) is 1. The summed E-state index contributed by atoms with van der Waals surface area (Å²) >= 11 is 2.33. The Morgan fingerprint density at radius 2 is 2.14 bits per heavy atom. The fourth-order valence-electron chi connectivity index (χ4n) is 1.52. The molecule has 1 nitrogen and oxygen atoms in total. The van der Waals surface area contributed by atoms with Crippen molar-refractivity contribution in [3.8, 4) is 0 Å². The summed E-state index contributed by atoms with van der Waals surface area (Å²) in [7, 11) is 0. The Hall–Kier alpha value is -0.0900. The minimum Gasteiger partial charge on any atom is -0.324 e. The molecule has 2 N–H and O–H groups in total. The van der Waals surface area contributed by atoms with Gasteiger partial charge in [-0.3, -0.25) is 0 Å². The molecule has 0 fully saturated rings. The highest BCUT2D eigenvalue weighted by Crippen LogP contribution is 2.19. The lowest BCUT2D eigenvalue weighted by molar-refractivity contribution is 0.581. The van der Waals surface area contributed by atoms with Crippen LogP contribution >= 0.6 is 22.6 Å². The first-order chi connectivity index (χ1) is 6.74. The number of unbranched alkanes of at least 4 members (excludes halogenated alkanes) is 2. The molecule has 0 saturated heterocycles. The van der Waals surface area contributed by atoms with E-state index in [1.165, 1.54) is 28.4 Å². The van der Waals surface area contributed by atoms with E-state index in [0.29, 0.717) is 0 Å². The maximum absolute atomic E-state index is 6.10. The lowest BCUT2D eigenvalue weighted by Crippen LogP contribution is -2.10. The van der Waals surface area contributed by atoms with Crippen LogP contribution in [0.15, 0.2) is 24.3 Å². The first kappa shape index (κ1) is 12.0. The summed E-state index contributed by atoms with van der Waals surface area (Å²) in [4.78, 5) is 0. The minimum absolute atomic E-state index is 0.219. The van der Waals surface area contributed by atoms with Crippen LogP contribution in [0.1, 0.15) is 44.2 Å². The van der Waals surface area contributed by atoms with Gasteiger partial charge in [0.05, 0.1) is 0 Å². The second-order valence-electron chi connectivity index (χ2n) is 3.66. The Morgan fingerprint density at radius 1 is 1.36 bits per heavy atom. The van der Waals surface area contributed by atoms with Crippen LogP contribution in [0.3, 0.4) is 0 Å². The number of halogens is 1. The highest BCUT2D eigenvalue weighted by Gasteiger charge is 2.04. The molecule has 0 saturated carbocycles. The van der Waals surface area contributed by atoms with E-state index in [1.807, 2.05) is 0 Å². The molecule has 0 bridgehead atoms. The van der Waals surface area contributed by atoms with Gasteiger partial charge in [-0.25, -0.2) is 0 Å². The molecule has 0 aliphatic heterocycles. The Labute approximate surface area is 100 Å². The molecule has 0 aromatic heterocycles. The molecule has 1 aromatic carbocycles. The fraction of sp³-hybridized carbons (Fsp3) is 0.500. The molecule has 2 heteroatoms. The molecule has 0 heterocycles. The molecule has 0 aliphatic carbocycles. The van der Waals surface area contributed by atoms with Crippen LogP contribution < -0.4 is 5.73 Å². The topological polar surface area (TPSA) is 26.0 Å². The normalized spacial score (nSPS) is 12.8. The van der Waals surface area contributed by atoms with Crippen molar-refractivity contribution in [1.82, 2.24) is 0 Å². The van der Waals surface area contributed by atoms with E-state index in [2.05, 4.69) is 53.8 Å². The van der Waals surface area contributed by atoms with Crippen molar-refractivity contribution < 1.29 is 0 Å². The van der Waals surface area contributed by atoms with E-state index >= 15 is 0 Å². The van der Waals surface area contributed by atoms with Crippen LogP contribution in [0.5, 0.6) is 0 Å². The molecule has 1 atom stereocenters.